The van der Waals surface area contributed by atoms with E-state index < -0.39 is 35.5 Å². The van der Waals surface area contributed by atoms with Gasteiger partial charge in [-0.25, -0.2) is 4.39 Å². The van der Waals surface area contributed by atoms with Gasteiger partial charge in [0, 0.05) is 11.6 Å². The molecule has 4 aliphatic carbocycles. The Hall–Kier alpha value is -2.87. The maximum atomic E-state index is 14.0. The zero-order chi connectivity index (χ0) is 23.3. The molecule has 0 aliphatic heterocycles. The lowest BCUT2D eigenvalue weighted by atomic mass is 9.52. The van der Waals surface area contributed by atoms with Crippen LogP contribution in [0, 0.1) is 23.6 Å². The molecule has 4 aliphatic rings. The van der Waals surface area contributed by atoms with Gasteiger partial charge in [0.05, 0.1) is 16.7 Å². The minimum Gasteiger partial charge on any atom is -0.434 e. The summed E-state index contributed by atoms with van der Waals surface area (Å²) in [7, 11) is 0. The third kappa shape index (κ3) is 4.12. The Morgan fingerprint density at radius 3 is 2.36 bits per heavy atom. The second-order valence-electron chi connectivity index (χ2n) is 9.59. The minimum atomic E-state index is -3.20. The normalized spacial score (nSPS) is 29.8. The van der Waals surface area contributed by atoms with E-state index in [0.29, 0.717) is 18.8 Å². The topological polar surface area (TPSA) is 75.6 Å². The molecular formula is C25H24F3NO4. The number of rotatable bonds is 6. The molecule has 33 heavy (non-hydrogen) atoms. The molecule has 2 atom stereocenters. The van der Waals surface area contributed by atoms with Gasteiger partial charge in [-0.15, -0.1) is 0 Å². The van der Waals surface area contributed by atoms with Crippen molar-refractivity contribution in [2.45, 2.75) is 50.4 Å². The van der Waals surface area contributed by atoms with Crippen molar-refractivity contribution in [1.82, 2.24) is 5.32 Å². The molecular weight excluding hydrogens is 435 g/mol. The minimum absolute atomic E-state index is 0.0656. The van der Waals surface area contributed by atoms with Gasteiger partial charge in [0.15, 0.2) is 5.78 Å². The van der Waals surface area contributed by atoms with Crippen LogP contribution in [0.15, 0.2) is 42.5 Å². The Balaban J connectivity index is 1.40. The third-order valence-corrected chi connectivity index (χ3v) is 7.36. The first kappa shape index (κ1) is 21.9. The van der Waals surface area contributed by atoms with E-state index >= 15 is 0 Å². The number of alkyl halides is 2. The quantitative estimate of drug-likeness (QED) is 0.631. The molecule has 2 N–H and O–H groups in total. The highest BCUT2D eigenvalue weighted by Crippen LogP contribution is 2.55. The molecule has 0 spiro atoms. The summed E-state index contributed by atoms with van der Waals surface area (Å²) >= 11 is 0. The van der Waals surface area contributed by atoms with Crippen molar-refractivity contribution in [1.29, 1.82) is 0 Å². The van der Waals surface area contributed by atoms with Gasteiger partial charge in [0.25, 0.3) is 5.91 Å². The fourth-order valence-corrected chi connectivity index (χ4v) is 6.29. The van der Waals surface area contributed by atoms with Gasteiger partial charge in [-0.3, -0.25) is 9.59 Å². The molecule has 4 bridgehead atoms. The van der Waals surface area contributed by atoms with E-state index in [-0.39, 0.29) is 34.6 Å². The summed E-state index contributed by atoms with van der Waals surface area (Å²) in [6.45, 7) is -3.20. The van der Waals surface area contributed by atoms with Crippen LogP contribution in [0.3, 0.4) is 0 Å². The molecule has 2 unspecified atom stereocenters. The summed E-state index contributed by atoms with van der Waals surface area (Å²) in [5.41, 5.74) is -1.04. The molecule has 1 amide bonds. The van der Waals surface area contributed by atoms with E-state index in [2.05, 4.69) is 10.1 Å². The summed E-state index contributed by atoms with van der Waals surface area (Å²) in [4.78, 5) is 25.8. The Morgan fingerprint density at radius 2 is 1.73 bits per heavy atom. The van der Waals surface area contributed by atoms with E-state index in [1.807, 2.05) is 0 Å². The van der Waals surface area contributed by atoms with Crippen LogP contribution in [0.2, 0.25) is 0 Å². The summed E-state index contributed by atoms with van der Waals surface area (Å²) in [5, 5.41) is 13.7. The number of carbonyl (C=O) groups excluding carboxylic acids is 2. The van der Waals surface area contributed by atoms with E-state index in [9.17, 15) is 27.9 Å². The molecule has 174 valence electrons. The molecule has 2 aromatic carbocycles. The summed E-state index contributed by atoms with van der Waals surface area (Å²) in [6.07, 6.45) is 3.92. The number of ether oxygens (including phenoxy) is 1. The van der Waals surface area contributed by atoms with Crippen molar-refractivity contribution in [3.8, 4) is 5.75 Å². The number of amides is 1. The largest absolute Gasteiger partial charge is 0.434 e. The van der Waals surface area contributed by atoms with Crippen LogP contribution in [-0.4, -0.2) is 35.1 Å². The highest BCUT2D eigenvalue weighted by molar-refractivity contribution is 6.10. The first-order valence-corrected chi connectivity index (χ1v) is 11.1. The second kappa shape index (κ2) is 8.17. The Bertz CT molecular complexity index is 1090. The van der Waals surface area contributed by atoms with Crippen molar-refractivity contribution >= 4 is 11.7 Å². The predicted octanol–water partition coefficient (Wildman–Crippen LogP) is 4.33. The van der Waals surface area contributed by atoms with Crippen molar-refractivity contribution in [2.24, 2.45) is 17.8 Å². The molecule has 0 saturated heterocycles. The molecule has 2 aromatic rings. The number of aliphatic hydroxyl groups is 1. The highest BCUT2D eigenvalue weighted by Gasteiger charge is 2.55. The van der Waals surface area contributed by atoms with Crippen LogP contribution in [0.1, 0.15) is 58.4 Å². The van der Waals surface area contributed by atoms with E-state index in [1.165, 1.54) is 30.3 Å². The van der Waals surface area contributed by atoms with Crippen LogP contribution >= 0.6 is 0 Å². The number of carbonyl (C=O) groups is 2. The molecule has 0 aromatic heterocycles. The number of halogens is 3. The molecule has 0 heterocycles. The van der Waals surface area contributed by atoms with Gasteiger partial charge >= 0.3 is 6.61 Å². The van der Waals surface area contributed by atoms with Crippen LogP contribution in [-0.2, 0) is 0 Å². The molecule has 4 saturated carbocycles. The monoisotopic (exact) mass is 459 g/mol. The lowest BCUT2D eigenvalue weighted by Gasteiger charge is -2.58. The number of ketones is 1. The summed E-state index contributed by atoms with van der Waals surface area (Å²) in [5.74, 6) is -1.69. The molecule has 0 radical (unpaired) electrons. The Labute approximate surface area is 188 Å². The molecule has 4 fully saturated rings. The molecule has 5 nitrogen and oxygen atoms in total. The maximum absolute atomic E-state index is 14.0. The zero-order valence-electron chi connectivity index (χ0n) is 17.8. The first-order chi connectivity index (χ1) is 15.7. The van der Waals surface area contributed by atoms with Crippen molar-refractivity contribution in [3.63, 3.8) is 0 Å². The van der Waals surface area contributed by atoms with E-state index in [4.69, 9.17) is 0 Å². The van der Waals surface area contributed by atoms with Crippen molar-refractivity contribution in [3.05, 3.63) is 65.0 Å². The second-order valence-corrected chi connectivity index (χ2v) is 9.59. The summed E-state index contributed by atoms with van der Waals surface area (Å²) < 4.78 is 44.8. The van der Waals surface area contributed by atoms with Crippen molar-refractivity contribution in [2.75, 3.05) is 0 Å². The van der Waals surface area contributed by atoms with Crippen LogP contribution < -0.4 is 10.1 Å². The van der Waals surface area contributed by atoms with E-state index in [0.717, 1.165) is 31.4 Å². The van der Waals surface area contributed by atoms with Gasteiger partial charge in [-0.05, 0) is 80.2 Å². The Morgan fingerprint density at radius 1 is 1.03 bits per heavy atom. The van der Waals surface area contributed by atoms with Gasteiger partial charge in [0.1, 0.15) is 11.6 Å². The van der Waals surface area contributed by atoms with Crippen LogP contribution in [0.4, 0.5) is 13.2 Å². The van der Waals surface area contributed by atoms with Crippen LogP contribution in [0.5, 0.6) is 5.75 Å². The first-order valence-electron chi connectivity index (χ1n) is 11.1. The van der Waals surface area contributed by atoms with Gasteiger partial charge in [0.2, 0.25) is 0 Å². The maximum Gasteiger partial charge on any atom is 0.387 e. The fourth-order valence-electron chi connectivity index (χ4n) is 6.29. The lowest BCUT2D eigenvalue weighted by Crippen LogP contribution is -2.61. The zero-order valence-corrected chi connectivity index (χ0v) is 17.8. The third-order valence-electron chi connectivity index (χ3n) is 7.36. The molecule has 8 heteroatoms. The number of hydrogen-bond acceptors (Lipinski definition) is 4. The van der Waals surface area contributed by atoms with Gasteiger partial charge in [-0.1, -0.05) is 12.1 Å². The standard InChI is InChI=1S/C25H24F3NO4/c26-19-4-2-1-3-17(19)22(30)14-5-6-18(20(9-14)33-24(27)28)23(31)29-21-15-7-13-8-16(21)12-25(32,10-13)11-15/h1-6,9,13,15-16,21,24,32H,7-8,10-12H2,(H,29,31)/t13?,15?,16?,21-,25-. The smallest absolute Gasteiger partial charge is 0.387 e. The van der Waals surface area contributed by atoms with Gasteiger partial charge in [-0.2, -0.15) is 8.78 Å². The SMILES string of the molecule is O=C(c1ccc(C(=O)N[C@H]2C3CC4CC2C[C@](O)(C4)C3)c(OC(F)F)c1)c1ccccc1F. The van der Waals surface area contributed by atoms with Crippen LogP contribution in [0.25, 0.3) is 0 Å². The lowest BCUT2D eigenvalue weighted by molar-refractivity contribution is -0.137. The molecule has 6 rings (SSSR count). The van der Waals surface area contributed by atoms with Gasteiger partial charge < -0.3 is 15.2 Å². The Kier molecular flexibility index (Phi) is 5.43. The summed E-state index contributed by atoms with van der Waals surface area (Å²) in [6, 6.07) is 8.83. The number of hydrogen-bond donors (Lipinski definition) is 2. The van der Waals surface area contributed by atoms with Crippen molar-refractivity contribution < 1.29 is 32.6 Å². The number of nitrogens with one attached hydrogen (secondary N) is 1. The highest BCUT2D eigenvalue weighted by atomic mass is 19.3. The average molecular weight is 459 g/mol. The van der Waals surface area contributed by atoms with E-state index in [1.54, 1.807) is 0 Å². The number of benzene rings is 2. The fraction of sp³-hybridized carbons (Fsp3) is 0.440. The predicted molar refractivity (Wildman–Crippen MR) is 113 cm³/mol. The average Bonchev–Trinajstić information content (AvgIpc) is 2.74.